The molecule has 0 aliphatic carbocycles. The highest BCUT2D eigenvalue weighted by atomic mass is 32.2. The molecule has 6 heteroatoms. The van der Waals surface area contributed by atoms with E-state index in [0.29, 0.717) is 11.4 Å². The van der Waals surface area contributed by atoms with E-state index in [9.17, 15) is 9.59 Å². The van der Waals surface area contributed by atoms with Gasteiger partial charge in [-0.05, 0) is 32.0 Å². The Kier molecular flexibility index (Phi) is 3.82. The molecule has 4 N–H and O–H groups in total. The monoisotopic (exact) mass is 279 g/mol. The van der Waals surface area contributed by atoms with Crippen molar-refractivity contribution in [1.82, 2.24) is 0 Å². The summed E-state index contributed by atoms with van der Waals surface area (Å²) in [4.78, 5) is 24.4. The van der Waals surface area contributed by atoms with Crippen molar-refractivity contribution in [2.24, 2.45) is 11.1 Å². The summed E-state index contributed by atoms with van der Waals surface area (Å²) in [6, 6.07) is 5.49. The van der Waals surface area contributed by atoms with Crippen molar-refractivity contribution < 1.29 is 9.59 Å². The molecule has 2 rings (SSSR count). The number of thioether (sulfide) groups is 1. The number of nitrogens with two attached hydrogens (primary N) is 1. The third kappa shape index (κ3) is 3.08. The van der Waals surface area contributed by atoms with Crippen molar-refractivity contribution in [3.05, 3.63) is 18.2 Å². The van der Waals surface area contributed by atoms with Gasteiger partial charge in [-0.2, -0.15) is 0 Å². The Morgan fingerprint density at radius 2 is 2.26 bits per heavy atom. The maximum absolute atomic E-state index is 12.0. The van der Waals surface area contributed by atoms with Crippen LogP contribution in [0.15, 0.2) is 23.1 Å². The lowest BCUT2D eigenvalue weighted by Gasteiger charge is -2.22. The predicted molar refractivity (Wildman–Crippen MR) is 77.3 cm³/mol. The predicted octanol–water partition coefficient (Wildman–Crippen LogP) is 1.65. The highest BCUT2D eigenvalue weighted by Gasteiger charge is 2.26. The number of hydrogen-bond acceptors (Lipinski definition) is 4. The lowest BCUT2D eigenvalue weighted by molar-refractivity contribution is -0.123. The minimum Gasteiger partial charge on any atom is -0.329 e. The van der Waals surface area contributed by atoms with Crippen LogP contribution in [0.2, 0.25) is 0 Å². The smallest absolute Gasteiger partial charge is 0.234 e. The number of nitrogens with one attached hydrogen (secondary N) is 2. The van der Waals surface area contributed by atoms with E-state index >= 15 is 0 Å². The summed E-state index contributed by atoms with van der Waals surface area (Å²) < 4.78 is 0. The van der Waals surface area contributed by atoms with Gasteiger partial charge in [0.2, 0.25) is 11.8 Å². The van der Waals surface area contributed by atoms with E-state index in [0.717, 1.165) is 10.6 Å². The highest BCUT2D eigenvalue weighted by molar-refractivity contribution is 8.00. The SMILES string of the molecule is CC(C)(CN)C(=O)Nc1ccc2c(c1)NC(=O)CS2. The molecule has 0 radical (unpaired) electrons. The Bertz CT molecular complexity index is 529. The first-order valence-electron chi connectivity index (χ1n) is 6.00. The fourth-order valence-corrected chi connectivity index (χ4v) is 2.34. The Labute approximate surface area is 116 Å². The molecule has 19 heavy (non-hydrogen) atoms. The van der Waals surface area contributed by atoms with Gasteiger partial charge in [-0.15, -0.1) is 11.8 Å². The third-order valence-electron chi connectivity index (χ3n) is 3.00. The largest absolute Gasteiger partial charge is 0.329 e. The standard InChI is InChI=1S/C13H17N3O2S/c1-13(2,7-14)12(18)15-8-3-4-10-9(5-8)16-11(17)6-19-10/h3-5H,6-7,14H2,1-2H3,(H,15,18)(H,16,17). The van der Waals surface area contributed by atoms with Gasteiger partial charge in [0.25, 0.3) is 0 Å². The van der Waals surface area contributed by atoms with Crippen LogP contribution in [0.4, 0.5) is 11.4 Å². The molecule has 102 valence electrons. The second-order valence-corrected chi connectivity index (χ2v) is 6.11. The number of anilines is 2. The van der Waals surface area contributed by atoms with Crippen LogP contribution in [-0.4, -0.2) is 24.1 Å². The number of fused-ring (bicyclic) bond motifs is 1. The normalized spacial score (nSPS) is 14.6. The molecule has 0 unspecified atom stereocenters. The molecule has 1 aromatic carbocycles. The van der Waals surface area contributed by atoms with Crippen LogP contribution in [0.5, 0.6) is 0 Å². The van der Waals surface area contributed by atoms with Crippen LogP contribution in [0.25, 0.3) is 0 Å². The van der Waals surface area contributed by atoms with Gasteiger partial charge in [-0.25, -0.2) is 0 Å². The average molecular weight is 279 g/mol. The van der Waals surface area contributed by atoms with E-state index in [4.69, 9.17) is 5.73 Å². The summed E-state index contributed by atoms with van der Waals surface area (Å²) in [7, 11) is 0. The minimum atomic E-state index is -0.617. The van der Waals surface area contributed by atoms with Gasteiger partial charge in [0.15, 0.2) is 0 Å². The van der Waals surface area contributed by atoms with Crippen LogP contribution in [-0.2, 0) is 9.59 Å². The number of hydrogen-bond donors (Lipinski definition) is 3. The quantitative estimate of drug-likeness (QED) is 0.785. The molecule has 0 aromatic heterocycles. The van der Waals surface area contributed by atoms with Crippen LogP contribution in [0.1, 0.15) is 13.8 Å². The van der Waals surface area contributed by atoms with Crippen molar-refractivity contribution in [3.63, 3.8) is 0 Å². The molecule has 0 fully saturated rings. The van der Waals surface area contributed by atoms with E-state index in [-0.39, 0.29) is 18.4 Å². The zero-order chi connectivity index (χ0) is 14.0. The zero-order valence-corrected chi connectivity index (χ0v) is 11.8. The topological polar surface area (TPSA) is 84.2 Å². The van der Waals surface area contributed by atoms with Gasteiger partial charge in [-0.1, -0.05) is 0 Å². The molecule has 0 atom stereocenters. The Morgan fingerprint density at radius 1 is 1.53 bits per heavy atom. The van der Waals surface area contributed by atoms with Crippen LogP contribution in [0.3, 0.4) is 0 Å². The van der Waals surface area contributed by atoms with Gasteiger partial charge in [-0.3, -0.25) is 9.59 Å². The molecule has 1 aliphatic heterocycles. The number of benzene rings is 1. The number of amides is 2. The summed E-state index contributed by atoms with van der Waals surface area (Å²) in [6.45, 7) is 3.85. The van der Waals surface area contributed by atoms with Crippen LogP contribution >= 0.6 is 11.8 Å². The van der Waals surface area contributed by atoms with Gasteiger partial charge < -0.3 is 16.4 Å². The van der Waals surface area contributed by atoms with Crippen LogP contribution < -0.4 is 16.4 Å². The number of rotatable bonds is 3. The molecule has 0 bridgehead atoms. The minimum absolute atomic E-state index is 0.0248. The number of carbonyl (C=O) groups is 2. The summed E-state index contributed by atoms with van der Waals surface area (Å²) in [5.41, 5.74) is 6.35. The van der Waals surface area contributed by atoms with Crippen molar-refractivity contribution in [3.8, 4) is 0 Å². The van der Waals surface area contributed by atoms with Crippen LogP contribution in [0, 0.1) is 5.41 Å². The Balaban J connectivity index is 2.17. The fraction of sp³-hybridized carbons (Fsp3) is 0.385. The molecule has 2 amide bonds. The molecular weight excluding hydrogens is 262 g/mol. The van der Waals surface area contributed by atoms with E-state index in [1.807, 2.05) is 12.1 Å². The summed E-state index contributed by atoms with van der Waals surface area (Å²) in [6.07, 6.45) is 0. The maximum atomic E-state index is 12.0. The summed E-state index contributed by atoms with van der Waals surface area (Å²) in [5.74, 6) is 0.270. The van der Waals surface area contributed by atoms with E-state index in [2.05, 4.69) is 10.6 Å². The van der Waals surface area contributed by atoms with Crippen molar-refractivity contribution >= 4 is 35.0 Å². The molecule has 1 aromatic rings. The van der Waals surface area contributed by atoms with E-state index in [1.165, 1.54) is 11.8 Å². The zero-order valence-electron chi connectivity index (χ0n) is 10.9. The molecule has 5 nitrogen and oxygen atoms in total. The van der Waals surface area contributed by atoms with Gasteiger partial charge in [0.05, 0.1) is 16.9 Å². The maximum Gasteiger partial charge on any atom is 0.234 e. The first-order chi connectivity index (χ1) is 8.92. The lowest BCUT2D eigenvalue weighted by Crippen LogP contribution is -2.37. The van der Waals surface area contributed by atoms with Gasteiger partial charge in [0, 0.05) is 17.1 Å². The highest BCUT2D eigenvalue weighted by Crippen LogP contribution is 2.33. The Hall–Kier alpha value is -1.53. The Morgan fingerprint density at radius 3 is 2.95 bits per heavy atom. The van der Waals surface area contributed by atoms with Crippen molar-refractivity contribution in [2.45, 2.75) is 18.7 Å². The van der Waals surface area contributed by atoms with E-state index < -0.39 is 5.41 Å². The van der Waals surface area contributed by atoms with E-state index in [1.54, 1.807) is 19.9 Å². The molecule has 0 saturated carbocycles. The molecular formula is C13H17N3O2S. The first kappa shape index (κ1) is 13.9. The van der Waals surface area contributed by atoms with Crippen molar-refractivity contribution in [2.75, 3.05) is 22.9 Å². The second kappa shape index (κ2) is 5.22. The summed E-state index contributed by atoms with van der Waals surface area (Å²) in [5, 5.41) is 5.61. The van der Waals surface area contributed by atoms with Gasteiger partial charge >= 0.3 is 0 Å². The third-order valence-corrected chi connectivity index (χ3v) is 4.07. The first-order valence-corrected chi connectivity index (χ1v) is 6.99. The van der Waals surface area contributed by atoms with Crippen molar-refractivity contribution in [1.29, 1.82) is 0 Å². The average Bonchev–Trinajstić information content (AvgIpc) is 2.38. The fourth-order valence-electron chi connectivity index (χ4n) is 1.55. The molecule has 1 heterocycles. The lowest BCUT2D eigenvalue weighted by atomic mass is 9.92. The molecule has 0 spiro atoms. The summed E-state index contributed by atoms with van der Waals surface area (Å²) >= 11 is 1.49. The molecule has 1 aliphatic rings. The van der Waals surface area contributed by atoms with Gasteiger partial charge in [0.1, 0.15) is 0 Å². The second-order valence-electron chi connectivity index (χ2n) is 5.09. The number of carbonyl (C=O) groups excluding carboxylic acids is 2. The molecule has 0 saturated heterocycles.